The molecule has 2 fully saturated rings. The number of rotatable bonds is 5. The van der Waals surface area contributed by atoms with E-state index in [0.29, 0.717) is 19.1 Å². The van der Waals surface area contributed by atoms with Crippen molar-refractivity contribution in [3.8, 4) is 11.8 Å². The van der Waals surface area contributed by atoms with Gasteiger partial charge in [-0.1, -0.05) is 42.9 Å². The van der Waals surface area contributed by atoms with Crippen molar-refractivity contribution in [1.29, 1.82) is 0 Å². The molecule has 1 aromatic rings. The molecule has 1 saturated heterocycles. The van der Waals surface area contributed by atoms with Gasteiger partial charge >= 0.3 is 0 Å². The molecule has 27 heavy (non-hydrogen) atoms. The van der Waals surface area contributed by atoms with Crippen LogP contribution in [0.25, 0.3) is 0 Å². The molecule has 2 amide bonds. The summed E-state index contributed by atoms with van der Waals surface area (Å²) in [5, 5.41) is 0. The van der Waals surface area contributed by atoms with Crippen molar-refractivity contribution < 1.29 is 9.59 Å². The highest BCUT2D eigenvalue weighted by molar-refractivity contribution is 5.80. The number of hydrogen-bond donors (Lipinski definition) is 1. The van der Waals surface area contributed by atoms with Crippen LogP contribution in [0.5, 0.6) is 0 Å². The van der Waals surface area contributed by atoms with Crippen LogP contribution in [0.2, 0.25) is 0 Å². The largest absolute Gasteiger partial charge is 0.369 e. The van der Waals surface area contributed by atoms with Crippen LogP contribution in [-0.2, 0) is 9.59 Å². The number of amides is 2. The number of likely N-dealkylation sites (tertiary alicyclic amines) is 1. The average molecular weight is 367 g/mol. The Kier molecular flexibility index (Phi) is 6.89. The van der Waals surface area contributed by atoms with Gasteiger partial charge in [-0.3, -0.25) is 14.5 Å². The van der Waals surface area contributed by atoms with Gasteiger partial charge in [0.25, 0.3) is 0 Å². The van der Waals surface area contributed by atoms with Gasteiger partial charge in [-0.25, -0.2) is 0 Å². The maximum Gasteiger partial charge on any atom is 0.231 e. The van der Waals surface area contributed by atoms with E-state index in [1.807, 2.05) is 40.1 Å². The molecule has 5 nitrogen and oxygen atoms in total. The summed E-state index contributed by atoms with van der Waals surface area (Å²) in [5.41, 5.74) is 6.30. The third kappa shape index (κ3) is 5.58. The molecule has 0 spiro atoms. The van der Waals surface area contributed by atoms with Crippen LogP contribution in [0, 0.1) is 17.8 Å². The predicted octanol–water partition coefficient (Wildman–Crippen LogP) is 2.01. The Morgan fingerprint density at radius 1 is 1.11 bits per heavy atom. The third-order valence-corrected chi connectivity index (χ3v) is 5.54. The molecular weight excluding hydrogens is 338 g/mol. The highest BCUT2D eigenvalue weighted by Crippen LogP contribution is 2.27. The topological polar surface area (TPSA) is 66.6 Å². The minimum Gasteiger partial charge on any atom is -0.369 e. The van der Waals surface area contributed by atoms with Crippen LogP contribution in [0.15, 0.2) is 30.3 Å². The quantitative estimate of drug-likeness (QED) is 0.810. The summed E-state index contributed by atoms with van der Waals surface area (Å²) in [7, 11) is 0. The Labute approximate surface area is 161 Å². The summed E-state index contributed by atoms with van der Waals surface area (Å²) in [4.78, 5) is 28.5. The lowest BCUT2D eigenvalue weighted by Crippen LogP contribution is -2.49. The summed E-state index contributed by atoms with van der Waals surface area (Å²) < 4.78 is 0. The number of nitrogens with zero attached hydrogens (tertiary/aromatic N) is 2. The van der Waals surface area contributed by atoms with Crippen LogP contribution in [0.1, 0.15) is 44.1 Å². The second kappa shape index (κ2) is 9.57. The van der Waals surface area contributed by atoms with E-state index in [4.69, 9.17) is 5.73 Å². The normalized spacial score (nSPS) is 20.7. The van der Waals surface area contributed by atoms with Gasteiger partial charge in [0.05, 0.1) is 19.0 Å². The SMILES string of the molecule is NC(=O)CN1CCCC(C(=O)N(CC#Cc2ccccc2)C2CCCC2)C1. The van der Waals surface area contributed by atoms with Crippen molar-refractivity contribution in [1.82, 2.24) is 9.80 Å². The van der Waals surface area contributed by atoms with E-state index >= 15 is 0 Å². The third-order valence-electron chi connectivity index (χ3n) is 5.54. The van der Waals surface area contributed by atoms with E-state index in [2.05, 4.69) is 11.8 Å². The molecule has 0 aromatic heterocycles. The number of piperidine rings is 1. The number of benzene rings is 1. The highest BCUT2D eigenvalue weighted by Gasteiger charge is 2.33. The summed E-state index contributed by atoms with van der Waals surface area (Å²) in [6.45, 7) is 2.17. The number of hydrogen-bond acceptors (Lipinski definition) is 3. The fourth-order valence-corrected chi connectivity index (χ4v) is 4.21. The van der Waals surface area contributed by atoms with Gasteiger partial charge in [0.2, 0.25) is 11.8 Å². The van der Waals surface area contributed by atoms with Crippen molar-refractivity contribution in [3.05, 3.63) is 35.9 Å². The zero-order chi connectivity index (χ0) is 19.1. The molecule has 5 heteroatoms. The first-order valence-corrected chi connectivity index (χ1v) is 9.98. The molecule has 1 aromatic carbocycles. The zero-order valence-corrected chi connectivity index (χ0v) is 15.9. The van der Waals surface area contributed by atoms with E-state index in [-0.39, 0.29) is 24.3 Å². The molecule has 144 valence electrons. The van der Waals surface area contributed by atoms with E-state index in [0.717, 1.165) is 37.8 Å². The second-order valence-corrected chi connectivity index (χ2v) is 7.61. The van der Waals surface area contributed by atoms with Gasteiger partial charge < -0.3 is 10.6 Å². The standard InChI is InChI=1S/C22H29N3O2/c23-21(26)17-24-14-7-11-19(16-24)22(27)25(20-12-4-5-13-20)15-6-10-18-8-2-1-3-9-18/h1-3,8-9,19-20H,4-5,7,11-17H2,(H2,23,26). The fraction of sp³-hybridized carbons (Fsp3) is 0.545. The average Bonchev–Trinajstić information content (AvgIpc) is 3.20. The number of nitrogens with two attached hydrogens (primary N) is 1. The van der Waals surface area contributed by atoms with Gasteiger partial charge in [0.15, 0.2) is 0 Å². The van der Waals surface area contributed by atoms with Gasteiger partial charge in [-0.2, -0.15) is 0 Å². The Balaban J connectivity index is 1.67. The van der Waals surface area contributed by atoms with E-state index < -0.39 is 0 Å². The number of primary amides is 1. The maximum atomic E-state index is 13.3. The lowest BCUT2D eigenvalue weighted by atomic mass is 9.95. The molecule has 1 aliphatic heterocycles. The monoisotopic (exact) mass is 367 g/mol. The van der Waals surface area contributed by atoms with Crippen LogP contribution < -0.4 is 5.73 Å². The molecule has 2 aliphatic rings. The smallest absolute Gasteiger partial charge is 0.231 e. The van der Waals surface area contributed by atoms with Crippen LogP contribution in [0.4, 0.5) is 0 Å². The molecule has 3 rings (SSSR count). The van der Waals surface area contributed by atoms with Gasteiger partial charge in [-0.05, 0) is 44.4 Å². The van der Waals surface area contributed by atoms with E-state index in [9.17, 15) is 9.59 Å². The molecule has 2 N–H and O–H groups in total. The van der Waals surface area contributed by atoms with Gasteiger partial charge in [-0.15, -0.1) is 0 Å². The first-order valence-electron chi connectivity index (χ1n) is 9.98. The van der Waals surface area contributed by atoms with Crippen molar-refractivity contribution in [2.45, 2.75) is 44.6 Å². The number of carbonyl (C=O) groups excluding carboxylic acids is 2. The fourth-order valence-electron chi connectivity index (χ4n) is 4.21. The zero-order valence-electron chi connectivity index (χ0n) is 15.9. The molecule has 1 atom stereocenters. The maximum absolute atomic E-state index is 13.3. The lowest BCUT2D eigenvalue weighted by Gasteiger charge is -2.36. The Hall–Kier alpha value is -2.32. The highest BCUT2D eigenvalue weighted by atomic mass is 16.2. The van der Waals surface area contributed by atoms with Gasteiger partial charge in [0.1, 0.15) is 0 Å². The lowest BCUT2D eigenvalue weighted by molar-refractivity contribution is -0.139. The Morgan fingerprint density at radius 2 is 1.85 bits per heavy atom. The molecule has 1 aliphatic carbocycles. The van der Waals surface area contributed by atoms with Crippen molar-refractivity contribution in [3.63, 3.8) is 0 Å². The van der Waals surface area contributed by atoms with Crippen molar-refractivity contribution in [2.24, 2.45) is 11.7 Å². The van der Waals surface area contributed by atoms with Crippen molar-refractivity contribution in [2.75, 3.05) is 26.2 Å². The minimum absolute atomic E-state index is 0.0581. The minimum atomic E-state index is -0.329. The Bertz CT molecular complexity index is 701. The summed E-state index contributed by atoms with van der Waals surface area (Å²) in [6.07, 6.45) is 6.30. The summed E-state index contributed by atoms with van der Waals surface area (Å²) in [6, 6.07) is 10.2. The van der Waals surface area contributed by atoms with Crippen LogP contribution in [0.3, 0.4) is 0 Å². The molecular formula is C22H29N3O2. The van der Waals surface area contributed by atoms with Gasteiger partial charge in [0, 0.05) is 18.2 Å². The van der Waals surface area contributed by atoms with E-state index in [1.54, 1.807) is 0 Å². The van der Waals surface area contributed by atoms with Crippen molar-refractivity contribution >= 4 is 11.8 Å². The second-order valence-electron chi connectivity index (χ2n) is 7.61. The summed E-state index contributed by atoms with van der Waals surface area (Å²) in [5.74, 6) is 6.19. The Morgan fingerprint density at radius 3 is 2.56 bits per heavy atom. The number of carbonyl (C=O) groups is 2. The molecule has 1 unspecified atom stereocenters. The molecule has 0 radical (unpaired) electrons. The van der Waals surface area contributed by atoms with Crippen LogP contribution in [-0.4, -0.2) is 53.8 Å². The first kappa shape index (κ1) is 19.4. The summed E-state index contributed by atoms with van der Waals surface area (Å²) >= 11 is 0. The molecule has 0 bridgehead atoms. The molecule has 1 heterocycles. The van der Waals surface area contributed by atoms with E-state index in [1.165, 1.54) is 12.8 Å². The van der Waals surface area contributed by atoms with Crippen LogP contribution >= 0.6 is 0 Å². The molecule has 1 saturated carbocycles. The first-order chi connectivity index (χ1) is 13.1. The predicted molar refractivity (Wildman–Crippen MR) is 106 cm³/mol.